The summed E-state index contributed by atoms with van der Waals surface area (Å²) in [6, 6.07) is 6.87. The molecule has 0 radical (unpaired) electrons. The monoisotopic (exact) mass is 216 g/mol. The molecular weight excluding hydrogens is 204 g/mol. The van der Waals surface area contributed by atoms with E-state index >= 15 is 0 Å². The van der Waals surface area contributed by atoms with Crippen molar-refractivity contribution in [3.05, 3.63) is 35.4 Å². The minimum atomic E-state index is -0.411. The first kappa shape index (κ1) is 11.8. The fraction of sp³-hybridized carbons (Fsp3) is 0.167. The summed E-state index contributed by atoms with van der Waals surface area (Å²) in [4.78, 5) is 11.0. The van der Waals surface area contributed by atoms with E-state index in [1.165, 1.54) is 6.08 Å². The van der Waals surface area contributed by atoms with Gasteiger partial charge in [-0.3, -0.25) is 0 Å². The summed E-state index contributed by atoms with van der Waals surface area (Å²) >= 11 is 0. The highest BCUT2D eigenvalue weighted by molar-refractivity contribution is 5.88. The van der Waals surface area contributed by atoms with E-state index in [4.69, 9.17) is 15.7 Å². The van der Waals surface area contributed by atoms with E-state index in [2.05, 4.69) is 0 Å². The Labute approximate surface area is 93.9 Å². The average Bonchev–Trinajstić information content (AvgIpc) is 2.27. The van der Waals surface area contributed by atoms with Crippen LogP contribution >= 0.6 is 0 Å². The van der Waals surface area contributed by atoms with Gasteiger partial charge in [-0.1, -0.05) is 6.07 Å². The number of hydrogen-bond acceptors (Lipinski definition) is 4. The summed E-state index contributed by atoms with van der Waals surface area (Å²) in [7, 11) is 0. The van der Waals surface area contributed by atoms with Crippen molar-refractivity contribution in [3.8, 4) is 6.07 Å². The van der Waals surface area contributed by atoms with E-state index in [1.807, 2.05) is 6.07 Å². The van der Waals surface area contributed by atoms with Crippen molar-refractivity contribution >= 4 is 17.7 Å². The number of carbonyl (C=O) groups excluding carboxylic acids is 1. The quantitative estimate of drug-likeness (QED) is 0.474. The number of ether oxygens (including phenoxy) is 1. The van der Waals surface area contributed by atoms with E-state index < -0.39 is 5.97 Å². The topological polar surface area (TPSA) is 76.1 Å². The Kier molecular flexibility index (Phi) is 4.10. The molecule has 0 saturated heterocycles. The predicted octanol–water partition coefficient (Wildman–Crippen LogP) is 1.72. The minimum absolute atomic E-state index is 0.339. The molecule has 0 unspecified atom stereocenters. The first-order chi connectivity index (χ1) is 7.67. The largest absolute Gasteiger partial charge is 0.463 e. The molecule has 4 nitrogen and oxygen atoms in total. The van der Waals surface area contributed by atoms with Crippen LogP contribution in [0.1, 0.15) is 18.1 Å². The molecule has 0 heterocycles. The van der Waals surface area contributed by atoms with Crippen molar-refractivity contribution in [2.45, 2.75) is 6.92 Å². The molecule has 82 valence electrons. The van der Waals surface area contributed by atoms with Crippen LogP contribution in [0.5, 0.6) is 0 Å². The van der Waals surface area contributed by atoms with Crippen molar-refractivity contribution in [2.75, 3.05) is 12.3 Å². The molecule has 0 atom stereocenters. The zero-order valence-corrected chi connectivity index (χ0v) is 8.93. The third-order valence-corrected chi connectivity index (χ3v) is 1.90. The molecule has 0 aliphatic heterocycles. The maximum atomic E-state index is 11.0. The fourth-order valence-electron chi connectivity index (χ4n) is 1.14. The SMILES string of the molecule is CCOC(=O)/C=C/c1ccc(C#N)cc1N. The lowest BCUT2D eigenvalue weighted by molar-refractivity contribution is -0.137. The van der Waals surface area contributed by atoms with Crippen LogP contribution in [0.25, 0.3) is 6.08 Å². The molecule has 0 spiro atoms. The maximum Gasteiger partial charge on any atom is 0.330 e. The molecule has 0 aromatic heterocycles. The van der Waals surface area contributed by atoms with Crippen LogP contribution in [0.4, 0.5) is 5.69 Å². The number of benzene rings is 1. The fourth-order valence-corrected chi connectivity index (χ4v) is 1.14. The number of nitrogen functional groups attached to an aromatic ring is 1. The molecule has 1 rings (SSSR count). The van der Waals surface area contributed by atoms with Crippen molar-refractivity contribution in [2.24, 2.45) is 0 Å². The van der Waals surface area contributed by atoms with Gasteiger partial charge in [-0.2, -0.15) is 5.26 Å². The summed E-state index contributed by atoms with van der Waals surface area (Å²) < 4.78 is 4.73. The average molecular weight is 216 g/mol. The van der Waals surface area contributed by atoms with E-state index in [1.54, 1.807) is 31.2 Å². The Hall–Kier alpha value is -2.28. The molecule has 2 N–H and O–H groups in total. The lowest BCUT2D eigenvalue weighted by atomic mass is 10.1. The Morgan fingerprint density at radius 3 is 2.94 bits per heavy atom. The van der Waals surface area contributed by atoms with Gasteiger partial charge in [0.15, 0.2) is 0 Å². The molecular formula is C12H12N2O2. The number of rotatable bonds is 3. The van der Waals surface area contributed by atoms with Crippen LogP contribution in [-0.2, 0) is 9.53 Å². The van der Waals surface area contributed by atoms with Crippen LogP contribution in [0, 0.1) is 11.3 Å². The summed E-state index contributed by atoms with van der Waals surface area (Å²) in [5, 5.41) is 8.64. The number of nitriles is 1. The van der Waals surface area contributed by atoms with Crippen LogP contribution in [-0.4, -0.2) is 12.6 Å². The third-order valence-electron chi connectivity index (χ3n) is 1.90. The highest BCUT2D eigenvalue weighted by Crippen LogP contribution is 2.15. The smallest absolute Gasteiger partial charge is 0.330 e. The first-order valence-electron chi connectivity index (χ1n) is 4.82. The van der Waals surface area contributed by atoms with E-state index in [9.17, 15) is 4.79 Å². The first-order valence-corrected chi connectivity index (χ1v) is 4.82. The van der Waals surface area contributed by atoms with Crippen molar-refractivity contribution < 1.29 is 9.53 Å². The number of nitrogens with zero attached hydrogens (tertiary/aromatic N) is 1. The summed E-state index contributed by atoms with van der Waals surface area (Å²) in [5.41, 5.74) is 7.34. The van der Waals surface area contributed by atoms with E-state index in [-0.39, 0.29) is 0 Å². The molecule has 0 fully saturated rings. The molecule has 0 saturated carbocycles. The molecule has 1 aromatic carbocycles. The number of anilines is 1. The predicted molar refractivity (Wildman–Crippen MR) is 61.2 cm³/mol. The van der Waals surface area contributed by atoms with Gasteiger partial charge in [0.1, 0.15) is 0 Å². The van der Waals surface area contributed by atoms with E-state index in [0.29, 0.717) is 23.4 Å². The molecule has 0 aliphatic carbocycles. The van der Waals surface area contributed by atoms with Gasteiger partial charge >= 0.3 is 5.97 Å². The lowest BCUT2D eigenvalue weighted by Crippen LogP contribution is -1.99. The highest BCUT2D eigenvalue weighted by Gasteiger charge is 1.99. The van der Waals surface area contributed by atoms with Gasteiger partial charge in [-0.05, 0) is 30.7 Å². The standard InChI is InChI=1S/C12H12N2O2/c1-2-16-12(15)6-5-10-4-3-9(8-13)7-11(10)14/h3-7H,2,14H2,1H3/b6-5+. The highest BCUT2D eigenvalue weighted by atomic mass is 16.5. The second-order valence-corrected chi connectivity index (χ2v) is 3.04. The molecule has 0 bridgehead atoms. The Bertz CT molecular complexity index is 459. The number of nitrogens with two attached hydrogens (primary N) is 1. The third kappa shape index (κ3) is 3.14. The van der Waals surface area contributed by atoms with Gasteiger partial charge in [-0.25, -0.2) is 4.79 Å². The van der Waals surface area contributed by atoms with E-state index in [0.717, 1.165) is 0 Å². The molecule has 1 aromatic rings. The van der Waals surface area contributed by atoms with Gasteiger partial charge in [0.05, 0.1) is 18.2 Å². The molecule has 4 heteroatoms. The minimum Gasteiger partial charge on any atom is -0.463 e. The molecule has 0 aliphatic rings. The Morgan fingerprint density at radius 2 is 2.38 bits per heavy atom. The Balaban J connectivity index is 2.83. The molecule has 0 amide bonds. The van der Waals surface area contributed by atoms with Gasteiger partial charge in [0, 0.05) is 11.8 Å². The van der Waals surface area contributed by atoms with Crippen LogP contribution in [0.15, 0.2) is 24.3 Å². The van der Waals surface area contributed by atoms with Crippen LogP contribution < -0.4 is 5.73 Å². The van der Waals surface area contributed by atoms with Crippen molar-refractivity contribution in [1.82, 2.24) is 0 Å². The maximum absolute atomic E-state index is 11.0. The van der Waals surface area contributed by atoms with Gasteiger partial charge in [0.25, 0.3) is 0 Å². The van der Waals surface area contributed by atoms with Gasteiger partial charge < -0.3 is 10.5 Å². The van der Waals surface area contributed by atoms with Crippen molar-refractivity contribution in [3.63, 3.8) is 0 Å². The molecule has 16 heavy (non-hydrogen) atoms. The van der Waals surface area contributed by atoms with Gasteiger partial charge in [-0.15, -0.1) is 0 Å². The lowest BCUT2D eigenvalue weighted by Gasteiger charge is -2.00. The number of carbonyl (C=O) groups is 1. The second kappa shape index (κ2) is 5.56. The van der Waals surface area contributed by atoms with Crippen molar-refractivity contribution in [1.29, 1.82) is 5.26 Å². The Morgan fingerprint density at radius 1 is 1.62 bits per heavy atom. The number of esters is 1. The summed E-state index contributed by atoms with van der Waals surface area (Å²) in [6.07, 6.45) is 2.87. The van der Waals surface area contributed by atoms with Crippen LogP contribution in [0.3, 0.4) is 0 Å². The zero-order valence-electron chi connectivity index (χ0n) is 8.93. The zero-order chi connectivity index (χ0) is 12.0. The number of hydrogen-bond donors (Lipinski definition) is 1. The summed E-state index contributed by atoms with van der Waals surface area (Å²) in [5.74, 6) is -0.411. The van der Waals surface area contributed by atoms with Gasteiger partial charge in [0.2, 0.25) is 0 Å². The van der Waals surface area contributed by atoms with Crippen LogP contribution in [0.2, 0.25) is 0 Å². The normalized spacial score (nSPS) is 10.0. The summed E-state index contributed by atoms with van der Waals surface area (Å²) in [6.45, 7) is 2.08. The second-order valence-electron chi connectivity index (χ2n) is 3.04.